The van der Waals surface area contributed by atoms with Gasteiger partial charge in [-0.25, -0.2) is 4.79 Å². The maximum atomic E-state index is 12.9. The first-order chi connectivity index (χ1) is 19.4. The zero-order chi connectivity index (χ0) is 28.6. The van der Waals surface area contributed by atoms with Crippen LogP contribution in [0.4, 0.5) is 4.79 Å². The van der Waals surface area contributed by atoms with Crippen molar-refractivity contribution in [3.8, 4) is 6.07 Å². The van der Waals surface area contributed by atoms with Gasteiger partial charge in [0.25, 0.3) is 0 Å². The van der Waals surface area contributed by atoms with E-state index >= 15 is 0 Å². The molecule has 206 valence electrons. The van der Waals surface area contributed by atoms with E-state index in [9.17, 15) is 19.2 Å². The second-order valence-corrected chi connectivity index (χ2v) is 8.74. The lowest BCUT2D eigenvalue weighted by Crippen LogP contribution is -2.50. The normalized spacial score (nSPS) is 10.9. The van der Waals surface area contributed by atoms with Crippen molar-refractivity contribution in [1.29, 1.82) is 5.26 Å². The van der Waals surface area contributed by atoms with Crippen LogP contribution in [0.3, 0.4) is 0 Å². The minimum atomic E-state index is -1.04. The van der Waals surface area contributed by atoms with Crippen molar-refractivity contribution in [1.82, 2.24) is 16.0 Å². The zero-order valence-electron chi connectivity index (χ0n) is 21.8. The lowest BCUT2D eigenvalue weighted by Gasteiger charge is -2.18. The van der Waals surface area contributed by atoms with Crippen LogP contribution in [0.15, 0.2) is 84.9 Å². The molecule has 3 N–H and O–H groups in total. The summed E-state index contributed by atoms with van der Waals surface area (Å²) in [5.74, 6) is -1.57. The molecule has 3 rings (SSSR count). The van der Waals surface area contributed by atoms with Gasteiger partial charge in [0, 0.05) is 13.0 Å². The van der Waals surface area contributed by atoms with Gasteiger partial charge in [-0.2, -0.15) is 5.26 Å². The first-order valence-corrected chi connectivity index (χ1v) is 12.6. The fourth-order valence-electron chi connectivity index (χ4n) is 3.53. The van der Waals surface area contributed by atoms with E-state index in [1.54, 1.807) is 36.4 Å². The van der Waals surface area contributed by atoms with Crippen molar-refractivity contribution in [2.75, 3.05) is 13.1 Å². The number of hydrogen-bond donors (Lipinski definition) is 3. The smallest absolute Gasteiger partial charge is 0.408 e. The maximum absolute atomic E-state index is 12.9. The highest BCUT2D eigenvalue weighted by Gasteiger charge is 2.23. The number of amides is 3. The van der Waals surface area contributed by atoms with Crippen LogP contribution in [-0.4, -0.2) is 43.0 Å². The average Bonchev–Trinajstić information content (AvgIpc) is 2.99. The van der Waals surface area contributed by atoms with E-state index < -0.39 is 29.9 Å². The third-order valence-electron chi connectivity index (χ3n) is 5.66. The van der Waals surface area contributed by atoms with Gasteiger partial charge in [-0.1, -0.05) is 72.8 Å². The molecule has 10 nitrogen and oxygen atoms in total. The third kappa shape index (κ3) is 10.7. The number of alkyl carbamates (subject to hydrolysis) is 1. The second-order valence-electron chi connectivity index (χ2n) is 8.74. The molecule has 0 radical (unpaired) electrons. The first kappa shape index (κ1) is 29.4. The molecule has 0 bridgehead atoms. The zero-order valence-corrected chi connectivity index (χ0v) is 21.8. The summed E-state index contributed by atoms with van der Waals surface area (Å²) in [5.41, 5.74) is 2.80. The van der Waals surface area contributed by atoms with Gasteiger partial charge in [-0.3, -0.25) is 14.4 Å². The molecule has 3 aromatic carbocycles. The lowest BCUT2D eigenvalue weighted by molar-refractivity contribution is -0.144. The van der Waals surface area contributed by atoms with Crippen molar-refractivity contribution >= 4 is 23.9 Å². The predicted molar refractivity (Wildman–Crippen MR) is 145 cm³/mol. The van der Waals surface area contributed by atoms with Crippen molar-refractivity contribution < 1.29 is 28.7 Å². The quantitative estimate of drug-likeness (QED) is 0.282. The van der Waals surface area contributed by atoms with Gasteiger partial charge in [0.2, 0.25) is 11.8 Å². The molecule has 0 heterocycles. The number of benzene rings is 3. The number of ether oxygens (including phenoxy) is 2. The van der Waals surface area contributed by atoms with Crippen molar-refractivity contribution in [3.05, 3.63) is 107 Å². The fourth-order valence-corrected chi connectivity index (χ4v) is 3.53. The molecule has 0 fully saturated rings. The molecule has 40 heavy (non-hydrogen) atoms. The van der Waals surface area contributed by atoms with E-state index in [1.165, 1.54) is 0 Å². The Bertz CT molecular complexity index is 1310. The van der Waals surface area contributed by atoms with Gasteiger partial charge in [0.15, 0.2) is 0 Å². The maximum Gasteiger partial charge on any atom is 0.408 e. The predicted octanol–water partition coefficient (Wildman–Crippen LogP) is 2.76. The molecule has 0 aliphatic carbocycles. The van der Waals surface area contributed by atoms with Gasteiger partial charge in [0.05, 0.1) is 24.6 Å². The molecule has 0 aromatic heterocycles. The number of esters is 1. The second kappa shape index (κ2) is 15.9. The summed E-state index contributed by atoms with van der Waals surface area (Å²) in [5, 5.41) is 16.6. The van der Waals surface area contributed by atoms with Gasteiger partial charge >= 0.3 is 12.1 Å². The summed E-state index contributed by atoms with van der Waals surface area (Å²) in [7, 11) is 0. The van der Waals surface area contributed by atoms with Crippen LogP contribution in [0.25, 0.3) is 0 Å². The summed E-state index contributed by atoms with van der Waals surface area (Å²) < 4.78 is 10.4. The van der Waals surface area contributed by atoms with Crippen LogP contribution in [0, 0.1) is 11.3 Å². The third-order valence-corrected chi connectivity index (χ3v) is 5.66. The number of carbonyl (C=O) groups excluding carboxylic acids is 4. The van der Waals surface area contributed by atoms with Crippen LogP contribution >= 0.6 is 0 Å². The fraction of sp³-hybridized carbons (Fsp3) is 0.233. The number of rotatable bonds is 13. The van der Waals surface area contributed by atoms with E-state index in [1.807, 2.05) is 54.6 Å². The Balaban J connectivity index is 1.46. The summed E-state index contributed by atoms with van der Waals surface area (Å²) in [6.07, 6.45) is -0.716. The van der Waals surface area contributed by atoms with Crippen LogP contribution in [0.1, 0.15) is 28.7 Å². The van der Waals surface area contributed by atoms with E-state index in [0.29, 0.717) is 11.1 Å². The molecule has 0 aliphatic heterocycles. The van der Waals surface area contributed by atoms with E-state index in [2.05, 4.69) is 16.0 Å². The number of carbonyl (C=O) groups is 4. The molecule has 10 heteroatoms. The molecule has 0 unspecified atom stereocenters. The molecule has 3 aromatic rings. The number of nitrogens with one attached hydrogen (secondary N) is 3. The molecule has 0 saturated heterocycles. The van der Waals surface area contributed by atoms with Gasteiger partial charge in [-0.15, -0.1) is 0 Å². The van der Waals surface area contributed by atoms with Crippen molar-refractivity contribution in [2.24, 2.45) is 0 Å². The van der Waals surface area contributed by atoms with Gasteiger partial charge < -0.3 is 25.4 Å². The molecule has 0 aliphatic rings. The highest BCUT2D eigenvalue weighted by molar-refractivity contribution is 5.89. The van der Waals surface area contributed by atoms with Gasteiger partial charge in [0.1, 0.15) is 19.3 Å². The molecular weight excluding hydrogens is 512 g/mol. The molecular formula is C30H30N4O6. The Hall–Kier alpha value is -5.17. The number of hydrogen-bond acceptors (Lipinski definition) is 7. The summed E-state index contributed by atoms with van der Waals surface area (Å²) in [6.45, 7) is -0.150. The van der Waals surface area contributed by atoms with Crippen molar-refractivity contribution in [2.45, 2.75) is 32.1 Å². The number of nitrogens with zero attached hydrogens (tertiary/aromatic N) is 1. The highest BCUT2D eigenvalue weighted by atomic mass is 16.5. The Morgan fingerprint density at radius 1 is 0.750 bits per heavy atom. The standard InChI is InChI=1S/C30H30N4O6/c31-18-23-13-11-22(12-14-23)17-26(34-30(38)40-21-25-9-5-2-6-10-25)29(37)33-19-27(35)32-16-15-28(36)39-20-24-7-3-1-4-8-24/h1-14,26H,15-17,19-21H2,(H,32,35)(H,33,37)(H,34,38)/t26-/m0/s1. The lowest BCUT2D eigenvalue weighted by atomic mass is 10.0. The Labute approximate surface area is 232 Å². The van der Waals surface area contributed by atoms with E-state index in [0.717, 1.165) is 11.1 Å². The van der Waals surface area contributed by atoms with Crippen molar-refractivity contribution in [3.63, 3.8) is 0 Å². The Morgan fingerprint density at radius 3 is 1.95 bits per heavy atom. The monoisotopic (exact) mass is 542 g/mol. The number of nitriles is 1. The molecule has 1 atom stereocenters. The minimum absolute atomic E-state index is 0.0219. The molecule has 0 saturated carbocycles. The average molecular weight is 543 g/mol. The Kier molecular flexibility index (Phi) is 11.7. The van der Waals surface area contributed by atoms with Crippen LogP contribution in [-0.2, 0) is 43.5 Å². The Morgan fingerprint density at radius 2 is 1.35 bits per heavy atom. The summed E-state index contributed by atoms with van der Waals surface area (Å²) in [6, 6.07) is 25.9. The van der Waals surface area contributed by atoms with E-state index in [-0.39, 0.29) is 39.1 Å². The summed E-state index contributed by atoms with van der Waals surface area (Å²) in [4.78, 5) is 49.4. The van der Waals surface area contributed by atoms with Gasteiger partial charge in [-0.05, 0) is 28.8 Å². The van der Waals surface area contributed by atoms with Crippen LogP contribution < -0.4 is 16.0 Å². The van der Waals surface area contributed by atoms with E-state index in [4.69, 9.17) is 14.7 Å². The van der Waals surface area contributed by atoms with Crippen LogP contribution in [0.5, 0.6) is 0 Å². The highest BCUT2D eigenvalue weighted by Crippen LogP contribution is 2.08. The SMILES string of the molecule is N#Cc1ccc(C[C@H](NC(=O)OCc2ccccc2)C(=O)NCC(=O)NCCC(=O)OCc2ccccc2)cc1. The largest absolute Gasteiger partial charge is 0.461 e. The van der Waals surface area contributed by atoms with Crippen LogP contribution in [0.2, 0.25) is 0 Å². The molecule has 0 spiro atoms. The summed E-state index contributed by atoms with van der Waals surface area (Å²) >= 11 is 0. The molecule has 3 amide bonds. The first-order valence-electron chi connectivity index (χ1n) is 12.6. The topological polar surface area (TPSA) is 147 Å². The minimum Gasteiger partial charge on any atom is -0.461 e.